The topological polar surface area (TPSA) is 92.2 Å². The van der Waals surface area contributed by atoms with Gasteiger partial charge in [-0.3, -0.25) is 9.59 Å². The lowest BCUT2D eigenvalue weighted by atomic mass is 9.76. The monoisotopic (exact) mass is 299 g/mol. The van der Waals surface area contributed by atoms with Crippen LogP contribution in [-0.4, -0.2) is 33.1 Å². The molecule has 0 radical (unpaired) electrons. The number of hydrogen-bond donors (Lipinski definition) is 2. The summed E-state index contributed by atoms with van der Waals surface area (Å²) >= 11 is 1.14. The van der Waals surface area contributed by atoms with Crippen LogP contribution in [0, 0.1) is 11.3 Å². The van der Waals surface area contributed by atoms with Gasteiger partial charge in [-0.25, -0.2) is 0 Å². The Morgan fingerprint density at radius 2 is 2.10 bits per heavy atom. The number of hydrogen-bond acceptors (Lipinski definition) is 5. The molecule has 0 aliphatic carbocycles. The van der Waals surface area contributed by atoms with Crippen LogP contribution in [0.2, 0.25) is 0 Å². The van der Waals surface area contributed by atoms with Crippen molar-refractivity contribution in [2.45, 2.75) is 40.0 Å². The van der Waals surface area contributed by atoms with Gasteiger partial charge in [0, 0.05) is 18.3 Å². The van der Waals surface area contributed by atoms with Gasteiger partial charge in [-0.1, -0.05) is 25.3 Å². The third-order valence-electron chi connectivity index (χ3n) is 3.30. The Hall–Kier alpha value is -1.50. The van der Waals surface area contributed by atoms with Crippen molar-refractivity contribution in [2.24, 2.45) is 11.3 Å². The van der Waals surface area contributed by atoms with E-state index < -0.39 is 5.97 Å². The van der Waals surface area contributed by atoms with E-state index in [0.29, 0.717) is 18.7 Å². The summed E-state index contributed by atoms with van der Waals surface area (Å²) in [6, 6.07) is 0. The molecule has 0 aromatic carbocycles. The number of carboxylic acids is 1. The standard InChI is InChI=1S/C13H21N3O3S/c1-13(2,3)9(4-5-11(17)18)6-7-14-12(19)10-8-20-16-15-10/h8-9H,4-7H2,1-3H3,(H,14,19)(H,17,18). The molecule has 7 heteroatoms. The Balaban J connectivity index is 2.42. The van der Waals surface area contributed by atoms with Crippen molar-refractivity contribution in [3.05, 3.63) is 11.1 Å². The molecular weight excluding hydrogens is 278 g/mol. The number of carboxylic acid groups (broad SMARTS) is 1. The van der Waals surface area contributed by atoms with Gasteiger partial charge >= 0.3 is 5.97 Å². The minimum atomic E-state index is -0.781. The van der Waals surface area contributed by atoms with Crippen LogP contribution in [0.15, 0.2) is 5.38 Å². The second-order valence-corrected chi connectivity index (χ2v) is 6.44. The molecule has 6 nitrogen and oxygen atoms in total. The molecule has 112 valence electrons. The fraction of sp³-hybridized carbons (Fsp3) is 0.692. The van der Waals surface area contributed by atoms with E-state index in [1.54, 1.807) is 5.38 Å². The summed E-state index contributed by atoms with van der Waals surface area (Å²) in [5.74, 6) is -0.770. The van der Waals surface area contributed by atoms with Gasteiger partial charge in [-0.15, -0.1) is 5.10 Å². The van der Waals surface area contributed by atoms with Gasteiger partial charge in [-0.2, -0.15) is 0 Å². The van der Waals surface area contributed by atoms with Gasteiger partial charge in [0.25, 0.3) is 5.91 Å². The largest absolute Gasteiger partial charge is 0.481 e. The minimum Gasteiger partial charge on any atom is -0.481 e. The molecule has 0 fully saturated rings. The molecule has 1 unspecified atom stereocenters. The molecule has 2 N–H and O–H groups in total. The Morgan fingerprint density at radius 3 is 2.60 bits per heavy atom. The molecule has 1 aromatic rings. The van der Waals surface area contributed by atoms with Crippen LogP contribution in [-0.2, 0) is 4.79 Å². The van der Waals surface area contributed by atoms with E-state index in [-0.39, 0.29) is 23.7 Å². The molecule has 1 rings (SSSR count). The van der Waals surface area contributed by atoms with E-state index in [9.17, 15) is 9.59 Å². The van der Waals surface area contributed by atoms with Gasteiger partial charge < -0.3 is 10.4 Å². The number of amides is 1. The predicted molar refractivity (Wildman–Crippen MR) is 76.7 cm³/mol. The first-order valence-electron chi connectivity index (χ1n) is 6.57. The lowest BCUT2D eigenvalue weighted by Gasteiger charge is -2.30. The minimum absolute atomic E-state index is 0.0162. The fourth-order valence-electron chi connectivity index (χ4n) is 2.02. The van der Waals surface area contributed by atoms with E-state index in [4.69, 9.17) is 5.11 Å². The lowest BCUT2D eigenvalue weighted by molar-refractivity contribution is -0.137. The van der Waals surface area contributed by atoms with Crippen molar-refractivity contribution in [1.82, 2.24) is 14.9 Å². The van der Waals surface area contributed by atoms with E-state index in [2.05, 4.69) is 35.7 Å². The van der Waals surface area contributed by atoms with Crippen molar-refractivity contribution in [2.75, 3.05) is 6.54 Å². The van der Waals surface area contributed by atoms with Crippen molar-refractivity contribution < 1.29 is 14.7 Å². The van der Waals surface area contributed by atoms with Crippen LogP contribution < -0.4 is 5.32 Å². The second-order valence-electron chi connectivity index (χ2n) is 5.83. The normalized spacial score (nSPS) is 12.9. The van der Waals surface area contributed by atoms with Gasteiger partial charge in [0.2, 0.25) is 0 Å². The highest BCUT2D eigenvalue weighted by molar-refractivity contribution is 7.03. The number of carbonyl (C=O) groups is 2. The van der Waals surface area contributed by atoms with E-state index >= 15 is 0 Å². The predicted octanol–water partition coefficient (Wildman–Crippen LogP) is 2.19. The van der Waals surface area contributed by atoms with Gasteiger partial charge in [0.1, 0.15) is 0 Å². The molecule has 1 aromatic heterocycles. The number of nitrogens with zero attached hydrogens (tertiary/aromatic N) is 2. The number of rotatable bonds is 7. The molecule has 0 aliphatic heterocycles. The van der Waals surface area contributed by atoms with Crippen molar-refractivity contribution in [3.63, 3.8) is 0 Å². The van der Waals surface area contributed by atoms with Gasteiger partial charge in [0.15, 0.2) is 5.69 Å². The zero-order valence-corrected chi connectivity index (χ0v) is 12.9. The van der Waals surface area contributed by atoms with E-state index in [0.717, 1.165) is 18.0 Å². The van der Waals surface area contributed by atoms with Crippen LogP contribution >= 0.6 is 11.5 Å². The molecule has 20 heavy (non-hydrogen) atoms. The summed E-state index contributed by atoms with van der Waals surface area (Å²) in [4.78, 5) is 22.4. The third-order valence-corrected chi connectivity index (χ3v) is 3.81. The molecular formula is C13H21N3O3S. The average Bonchev–Trinajstić information content (AvgIpc) is 2.84. The third kappa shape index (κ3) is 5.64. The number of aliphatic carboxylic acids is 1. The maximum absolute atomic E-state index is 11.7. The van der Waals surface area contributed by atoms with E-state index in [1.165, 1.54) is 0 Å². The van der Waals surface area contributed by atoms with Crippen LogP contribution in [0.25, 0.3) is 0 Å². The second kappa shape index (κ2) is 7.33. The SMILES string of the molecule is CC(C)(C)C(CCNC(=O)c1csnn1)CCC(=O)O. The van der Waals surface area contributed by atoms with Gasteiger partial charge in [-0.05, 0) is 35.7 Å². The van der Waals surface area contributed by atoms with Crippen LogP contribution in [0.1, 0.15) is 50.5 Å². The summed E-state index contributed by atoms with van der Waals surface area (Å²) in [6.07, 6.45) is 1.53. The van der Waals surface area contributed by atoms with Crippen molar-refractivity contribution in [1.29, 1.82) is 0 Å². The zero-order chi connectivity index (χ0) is 15.2. The molecule has 0 spiro atoms. The van der Waals surface area contributed by atoms with Gasteiger partial charge in [0.05, 0.1) is 0 Å². The Kier molecular flexibility index (Phi) is 6.06. The van der Waals surface area contributed by atoms with Crippen LogP contribution in [0.4, 0.5) is 0 Å². The maximum atomic E-state index is 11.7. The molecule has 1 atom stereocenters. The quantitative estimate of drug-likeness (QED) is 0.805. The Bertz CT molecular complexity index is 440. The molecule has 0 saturated heterocycles. The summed E-state index contributed by atoms with van der Waals surface area (Å²) < 4.78 is 3.64. The summed E-state index contributed by atoms with van der Waals surface area (Å²) in [5, 5.41) is 16.9. The molecule has 1 amide bonds. The molecule has 0 aliphatic rings. The number of aromatic nitrogens is 2. The average molecular weight is 299 g/mol. The molecule has 0 bridgehead atoms. The fourth-order valence-corrected chi connectivity index (χ4v) is 2.46. The van der Waals surface area contributed by atoms with E-state index in [1.807, 2.05) is 0 Å². The summed E-state index contributed by atoms with van der Waals surface area (Å²) in [5.41, 5.74) is 0.343. The smallest absolute Gasteiger partial charge is 0.303 e. The molecule has 0 saturated carbocycles. The summed E-state index contributed by atoms with van der Waals surface area (Å²) in [7, 11) is 0. The highest BCUT2D eigenvalue weighted by atomic mass is 32.1. The highest BCUT2D eigenvalue weighted by Gasteiger charge is 2.25. The Morgan fingerprint density at radius 1 is 1.40 bits per heavy atom. The number of nitrogens with one attached hydrogen (secondary N) is 1. The molecule has 1 heterocycles. The first-order chi connectivity index (χ1) is 9.30. The summed E-state index contributed by atoms with van der Waals surface area (Å²) in [6.45, 7) is 6.78. The first kappa shape index (κ1) is 16.6. The van der Waals surface area contributed by atoms with Crippen molar-refractivity contribution >= 4 is 23.4 Å². The highest BCUT2D eigenvalue weighted by Crippen LogP contribution is 2.32. The maximum Gasteiger partial charge on any atom is 0.303 e. The first-order valence-corrected chi connectivity index (χ1v) is 7.41. The Labute approximate surface area is 122 Å². The van der Waals surface area contributed by atoms with Crippen molar-refractivity contribution in [3.8, 4) is 0 Å². The number of carbonyl (C=O) groups excluding carboxylic acids is 1. The van der Waals surface area contributed by atoms with Crippen LogP contribution in [0.5, 0.6) is 0 Å². The lowest BCUT2D eigenvalue weighted by Crippen LogP contribution is -2.30. The van der Waals surface area contributed by atoms with Crippen LogP contribution in [0.3, 0.4) is 0 Å². The zero-order valence-electron chi connectivity index (χ0n) is 12.0.